The molecule has 0 aliphatic heterocycles. The molecule has 0 spiro atoms. The average molecular weight is 459 g/mol. The van der Waals surface area contributed by atoms with Crippen molar-refractivity contribution in [3.05, 3.63) is 58.1 Å². The largest absolute Gasteiger partial charge is 0.495 e. The molecule has 0 fully saturated rings. The van der Waals surface area contributed by atoms with Crippen LogP contribution in [0.4, 0.5) is 5.69 Å². The van der Waals surface area contributed by atoms with Crippen LogP contribution in [0.25, 0.3) is 0 Å². The lowest BCUT2D eigenvalue weighted by molar-refractivity contribution is -0.121. The van der Waals surface area contributed by atoms with E-state index in [0.29, 0.717) is 40.9 Å². The fraction of sp³-hybridized carbons (Fsp3) is 0.350. The number of anilines is 1. The zero-order valence-electron chi connectivity index (χ0n) is 16.3. The van der Waals surface area contributed by atoms with Crippen molar-refractivity contribution in [2.75, 3.05) is 30.8 Å². The summed E-state index contributed by atoms with van der Waals surface area (Å²) in [6.07, 6.45) is 2.36. The predicted octanol–water partition coefficient (Wildman–Crippen LogP) is 3.91. The van der Waals surface area contributed by atoms with Crippen molar-refractivity contribution in [1.29, 1.82) is 0 Å². The van der Waals surface area contributed by atoms with Crippen molar-refractivity contribution in [2.45, 2.75) is 19.3 Å². The van der Waals surface area contributed by atoms with Gasteiger partial charge in [-0.3, -0.25) is 9.10 Å². The molecule has 158 valence electrons. The Morgan fingerprint density at radius 2 is 1.76 bits per heavy atom. The highest BCUT2D eigenvalue weighted by molar-refractivity contribution is 7.92. The summed E-state index contributed by atoms with van der Waals surface area (Å²) in [5.74, 6) is 0.262. The van der Waals surface area contributed by atoms with Gasteiger partial charge in [0.2, 0.25) is 15.9 Å². The summed E-state index contributed by atoms with van der Waals surface area (Å²) in [6.45, 7) is 0.637. The van der Waals surface area contributed by atoms with E-state index in [-0.39, 0.29) is 18.9 Å². The van der Waals surface area contributed by atoms with Gasteiger partial charge in [-0.15, -0.1) is 0 Å². The summed E-state index contributed by atoms with van der Waals surface area (Å²) >= 11 is 11.9. The quantitative estimate of drug-likeness (QED) is 0.585. The summed E-state index contributed by atoms with van der Waals surface area (Å²) < 4.78 is 31.0. The van der Waals surface area contributed by atoms with Crippen molar-refractivity contribution < 1.29 is 17.9 Å². The molecule has 0 bridgehead atoms. The van der Waals surface area contributed by atoms with E-state index in [1.165, 1.54) is 17.5 Å². The third-order valence-corrected chi connectivity index (χ3v) is 5.89. The lowest BCUT2D eigenvalue weighted by atomic mass is 10.1. The van der Waals surface area contributed by atoms with E-state index >= 15 is 0 Å². The number of hydrogen-bond donors (Lipinski definition) is 1. The van der Waals surface area contributed by atoms with Gasteiger partial charge in [-0.05, 0) is 48.7 Å². The molecule has 0 heterocycles. The van der Waals surface area contributed by atoms with Crippen LogP contribution in [0.15, 0.2) is 42.5 Å². The van der Waals surface area contributed by atoms with E-state index in [4.69, 9.17) is 27.9 Å². The van der Waals surface area contributed by atoms with Gasteiger partial charge < -0.3 is 10.1 Å². The number of nitrogens with one attached hydrogen (secondary N) is 1. The van der Waals surface area contributed by atoms with E-state index in [2.05, 4.69) is 5.32 Å². The van der Waals surface area contributed by atoms with Crippen LogP contribution >= 0.6 is 23.2 Å². The van der Waals surface area contributed by atoms with E-state index < -0.39 is 10.0 Å². The van der Waals surface area contributed by atoms with E-state index in [1.807, 2.05) is 24.3 Å². The van der Waals surface area contributed by atoms with Gasteiger partial charge in [-0.1, -0.05) is 35.3 Å². The van der Waals surface area contributed by atoms with Crippen LogP contribution in [-0.4, -0.2) is 40.8 Å². The molecule has 0 aliphatic carbocycles. The van der Waals surface area contributed by atoms with Crippen molar-refractivity contribution >= 4 is 44.8 Å². The van der Waals surface area contributed by atoms with Crippen LogP contribution in [0.5, 0.6) is 5.75 Å². The third-order valence-electron chi connectivity index (χ3n) is 4.22. The molecular formula is C20H24Cl2N2O4S. The molecule has 0 saturated heterocycles. The highest BCUT2D eigenvalue weighted by Gasteiger charge is 2.21. The predicted molar refractivity (Wildman–Crippen MR) is 118 cm³/mol. The number of carbonyl (C=O) groups is 1. The molecule has 1 amide bonds. The molecule has 2 aromatic carbocycles. The summed E-state index contributed by atoms with van der Waals surface area (Å²) in [4.78, 5) is 12.1. The normalized spacial score (nSPS) is 11.2. The van der Waals surface area contributed by atoms with E-state index in [0.717, 1.165) is 11.8 Å². The molecule has 0 radical (unpaired) electrons. The highest BCUT2D eigenvalue weighted by atomic mass is 35.5. The number of ether oxygens (including phenoxy) is 1. The number of rotatable bonds is 10. The Morgan fingerprint density at radius 3 is 2.38 bits per heavy atom. The smallest absolute Gasteiger partial charge is 0.232 e. The summed E-state index contributed by atoms with van der Waals surface area (Å²) in [6, 6.07) is 12.2. The third kappa shape index (κ3) is 7.42. The number of halogens is 2. The Bertz CT molecular complexity index is 934. The first-order chi connectivity index (χ1) is 13.7. The van der Waals surface area contributed by atoms with Gasteiger partial charge in [0.15, 0.2) is 0 Å². The van der Waals surface area contributed by atoms with Crippen LogP contribution in [-0.2, 0) is 21.2 Å². The van der Waals surface area contributed by atoms with Gasteiger partial charge in [0.25, 0.3) is 0 Å². The molecule has 0 saturated carbocycles. The van der Waals surface area contributed by atoms with Crippen LogP contribution in [0.3, 0.4) is 0 Å². The minimum absolute atomic E-state index is 0.134. The molecule has 6 nitrogen and oxygen atoms in total. The Hall–Kier alpha value is -1.96. The summed E-state index contributed by atoms with van der Waals surface area (Å²) in [5.41, 5.74) is 1.43. The molecule has 0 unspecified atom stereocenters. The second-order valence-electron chi connectivity index (χ2n) is 6.48. The zero-order valence-corrected chi connectivity index (χ0v) is 18.6. The minimum atomic E-state index is -3.57. The second kappa shape index (κ2) is 10.7. The number of amides is 1. The van der Waals surface area contributed by atoms with Gasteiger partial charge >= 0.3 is 0 Å². The summed E-state index contributed by atoms with van der Waals surface area (Å²) in [7, 11) is -2.11. The fourth-order valence-corrected chi connectivity index (χ4v) is 4.04. The number of methoxy groups -OCH3 is 1. The number of benzene rings is 2. The van der Waals surface area contributed by atoms with Gasteiger partial charge in [0.1, 0.15) is 5.75 Å². The van der Waals surface area contributed by atoms with Crippen molar-refractivity contribution in [2.24, 2.45) is 0 Å². The number of hydrogen-bond acceptors (Lipinski definition) is 4. The van der Waals surface area contributed by atoms with Gasteiger partial charge in [0.05, 0.1) is 19.1 Å². The standard InChI is InChI=1S/C20H24Cl2N2O4S/c1-28-19-10-9-17(22)14-18(19)24(29(2,26)27)13-3-4-20(25)23-12-11-15-5-7-16(21)8-6-15/h5-10,14H,3-4,11-13H2,1-2H3,(H,23,25). The maximum Gasteiger partial charge on any atom is 0.232 e. The number of nitrogens with zero attached hydrogens (tertiary/aromatic N) is 1. The second-order valence-corrected chi connectivity index (χ2v) is 9.26. The highest BCUT2D eigenvalue weighted by Crippen LogP contribution is 2.32. The molecule has 0 aliphatic rings. The molecular weight excluding hydrogens is 435 g/mol. The van der Waals surface area contributed by atoms with Gasteiger partial charge in [-0.2, -0.15) is 0 Å². The van der Waals surface area contributed by atoms with Gasteiger partial charge in [-0.25, -0.2) is 8.42 Å². The Balaban J connectivity index is 1.89. The van der Waals surface area contributed by atoms with Crippen LogP contribution in [0, 0.1) is 0 Å². The van der Waals surface area contributed by atoms with E-state index in [1.54, 1.807) is 12.1 Å². The maximum atomic E-state index is 12.3. The van der Waals surface area contributed by atoms with Gasteiger partial charge in [0, 0.05) is 29.6 Å². The number of sulfonamides is 1. The Morgan fingerprint density at radius 1 is 1.10 bits per heavy atom. The van der Waals surface area contributed by atoms with Crippen LogP contribution < -0.4 is 14.4 Å². The molecule has 2 rings (SSSR count). The molecule has 9 heteroatoms. The zero-order chi connectivity index (χ0) is 21.4. The SMILES string of the molecule is COc1ccc(Cl)cc1N(CCCC(=O)NCCc1ccc(Cl)cc1)S(C)(=O)=O. The van der Waals surface area contributed by atoms with Crippen molar-refractivity contribution in [3.63, 3.8) is 0 Å². The Labute approximate surface area is 181 Å². The molecule has 0 atom stereocenters. The summed E-state index contributed by atoms with van der Waals surface area (Å²) in [5, 5.41) is 3.91. The molecule has 2 aromatic rings. The molecule has 29 heavy (non-hydrogen) atoms. The first-order valence-corrected chi connectivity index (χ1v) is 11.6. The molecule has 0 aromatic heterocycles. The van der Waals surface area contributed by atoms with Crippen molar-refractivity contribution in [1.82, 2.24) is 5.32 Å². The van der Waals surface area contributed by atoms with Crippen molar-refractivity contribution in [3.8, 4) is 5.75 Å². The number of carbonyl (C=O) groups excluding carboxylic acids is 1. The lowest BCUT2D eigenvalue weighted by Gasteiger charge is -2.24. The first kappa shape index (κ1) is 23.3. The molecule has 1 N–H and O–H groups in total. The maximum absolute atomic E-state index is 12.3. The monoisotopic (exact) mass is 458 g/mol. The minimum Gasteiger partial charge on any atom is -0.495 e. The Kier molecular flexibility index (Phi) is 8.61. The van der Waals surface area contributed by atoms with Crippen LogP contribution in [0.1, 0.15) is 18.4 Å². The van der Waals surface area contributed by atoms with E-state index in [9.17, 15) is 13.2 Å². The lowest BCUT2D eigenvalue weighted by Crippen LogP contribution is -2.32. The fourth-order valence-electron chi connectivity index (χ4n) is 2.79. The van der Waals surface area contributed by atoms with Crippen LogP contribution in [0.2, 0.25) is 10.0 Å². The topological polar surface area (TPSA) is 75.7 Å². The average Bonchev–Trinajstić information content (AvgIpc) is 2.66. The first-order valence-electron chi connectivity index (χ1n) is 9.03.